The Morgan fingerprint density at radius 1 is 1.56 bits per heavy atom. The summed E-state index contributed by atoms with van der Waals surface area (Å²) < 4.78 is 0. The molecule has 1 aromatic rings. The molecule has 2 N–H and O–H groups in total. The monoisotopic (exact) mass is 263 g/mol. The van der Waals surface area contributed by atoms with Crippen LogP contribution < -0.4 is 5.73 Å². The van der Waals surface area contributed by atoms with E-state index in [2.05, 4.69) is 29.8 Å². The van der Waals surface area contributed by atoms with E-state index < -0.39 is 0 Å². The predicted octanol–water partition coefficient (Wildman–Crippen LogP) is 2.34. The highest BCUT2D eigenvalue weighted by molar-refractivity contribution is 7.80. The van der Waals surface area contributed by atoms with Crippen molar-refractivity contribution in [3.8, 4) is 0 Å². The molecule has 2 rings (SSSR count). The molecular weight excluding hydrogens is 242 g/mol. The van der Waals surface area contributed by atoms with E-state index >= 15 is 0 Å². The smallest absolute Gasteiger partial charge is 0.123 e. The lowest BCUT2D eigenvalue weighted by atomic mass is 10.1. The van der Waals surface area contributed by atoms with Crippen LogP contribution in [0.4, 0.5) is 0 Å². The van der Waals surface area contributed by atoms with E-state index in [0.29, 0.717) is 10.9 Å². The molecule has 0 spiro atoms. The van der Waals surface area contributed by atoms with Crippen molar-refractivity contribution in [1.82, 2.24) is 9.88 Å². The van der Waals surface area contributed by atoms with E-state index in [4.69, 9.17) is 18.0 Å². The van der Waals surface area contributed by atoms with E-state index in [-0.39, 0.29) is 0 Å². The van der Waals surface area contributed by atoms with Crippen LogP contribution in [0.25, 0.3) is 0 Å². The first-order valence-electron chi connectivity index (χ1n) is 6.55. The average Bonchev–Trinajstić information content (AvgIpc) is 3.11. The van der Waals surface area contributed by atoms with Crippen molar-refractivity contribution in [2.24, 2.45) is 11.7 Å². The van der Waals surface area contributed by atoms with Gasteiger partial charge in [0.25, 0.3) is 0 Å². The van der Waals surface area contributed by atoms with Gasteiger partial charge in [0.05, 0.1) is 0 Å². The molecule has 0 aromatic carbocycles. The van der Waals surface area contributed by atoms with E-state index in [9.17, 15) is 0 Å². The number of hydrogen-bond donors (Lipinski definition) is 1. The third-order valence-corrected chi connectivity index (χ3v) is 3.35. The Bertz CT molecular complexity index is 427. The van der Waals surface area contributed by atoms with E-state index in [1.165, 1.54) is 12.8 Å². The number of thiocarbonyl (C=S) groups is 1. The second-order valence-corrected chi connectivity index (χ2v) is 5.87. The van der Waals surface area contributed by atoms with Gasteiger partial charge in [0.2, 0.25) is 0 Å². The van der Waals surface area contributed by atoms with Crippen molar-refractivity contribution in [2.45, 2.75) is 39.3 Å². The van der Waals surface area contributed by atoms with Gasteiger partial charge >= 0.3 is 0 Å². The van der Waals surface area contributed by atoms with Gasteiger partial charge in [-0.3, -0.25) is 9.88 Å². The molecule has 4 heteroatoms. The molecule has 0 bridgehead atoms. The minimum atomic E-state index is 0.394. The predicted molar refractivity (Wildman–Crippen MR) is 78.4 cm³/mol. The number of nitrogens with two attached hydrogens (primary N) is 1. The van der Waals surface area contributed by atoms with Crippen LogP contribution >= 0.6 is 12.2 Å². The lowest BCUT2D eigenvalue weighted by Crippen LogP contribution is -2.30. The zero-order valence-corrected chi connectivity index (χ0v) is 11.9. The van der Waals surface area contributed by atoms with Crippen molar-refractivity contribution in [2.75, 3.05) is 6.54 Å². The molecule has 0 amide bonds. The number of rotatable bonds is 6. The molecule has 1 fully saturated rings. The highest BCUT2D eigenvalue weighted by atomic mass is 32.1. The van der Waals surface area contributed by atoms with Crippen LogP contribution in [0.1, 0.15) is 37.9 Å². The van der Waals surface area contributed by atoms with Gasteiger partial charge in [-0.05, 0) is 30.4 Å². The normalized spacial score (nSPS) is 15.3. The molecule has 98 valence electrons. The molecule has 0 saturated heterocycles. The maximum atomic E-state index is 5.73. The average molecular weight is 263 g/mol. The summed E-state index contributed by atoms with van der Waals surface area (Å²) in [6, 6.07) is 4.78. The van der Waals surface area contributed by atoms with Gasteiger partial charge in [0, 0.05) is 25.3 Å². The summed E-state index contributed by atoms with van der Waals surface area (Å²) in [6.07, 6.45) is 4.38. The van der Waals surface area contributed by atoms with Gasteiger partial charge in [-0.1, -0.05) is 32.1 Å². The van der Waals surface area contributed by atoms with E-state index in [0.717, 1.165) is 30.4 Å². The highest BCUT2D eigenvalue weighted by Gasteiger charge is 2.29. The summed E-state index contributed by atoms with van der Waals surface area (Å²) in [4.78, 5) is 7.22. The summed E-state index contributed by atoms with van der Waals surface area (Å²) in [7, 11) is 0. The standard InChI is InChI=1S/C14H21N3S/c1-10(2)8-17(12-5-6-12)9-11-4-3-7-16-13(11)14(15)18/h3-4,7,10,12H,5-6,8-9H2,1-2H3,(H2,15,18). The second kappa shape index (κ2) is 5.76. The van der Waals surface area contributed by atoms with E-state index in [1.807, 2.05) is 6.07 Å². The van der Waals surface area contributed by atoms with Crippen molar-refractivity contribution in [3.05, 3.63) is 29.6 Å². The fourth-order valence-electron chi connectivity index (χ4n) is 2.26. The zero-order chi connectivity index (χ0) is 13.1. The fourth-order valence-corrected chi connectivity index (χ4v) is 2.44. The lowest BCUT2D eigenvalue weighted by Gasteiger charge is -2.24. The summed E-state index contributed by atoms with van der Waals surface area (Å²) in [6.45, 7) is 6.54. The summed E-state index contributed by atoms with van der Waals surface area (Å²) >= 11 is 5.07. The number of nitrogens with zero attached hydrogens (tertiary/aromatic N) is 2. The fraction of sp³-hybridized carbons (Fsp3) is 0.571. The third kappa shape index (κ3) is 3.50. The first-order valence-corrected chi connectivity index (χ1v) is 6.96. The molecule has 1 aromatic heterocycles. The van der Waals surface area contributed by atoms with Crippen molar-refractivity contribution >= 4 is 17.2 Å². The van der Waals surface area contributed by atoms with Crippen molar-refractivity contribution < 1.29 is 0 Å². The summed E-state index contributed by atoms with van der Waals surface area (Å²) in [5, 5.41) is 0. The van der Waals surface area contributed by atoms with Crippen molar-refractivity contribution in [1.29, 1.82) is 0 Å². The van der Waals surface area contributed by atoms with Gasteiger partial charge < -0.3 is 5.73 Å². The van der Waals surface area contributed by atoms with Crippen LogP contribution in [0.2, 0.25) is 0 Å². The Balaban J connectivity index is 2.13. The highest BCUT2D eigenvalue weighted by Crippen LogP contribution is 2.29. The Morgan fingerprint density at radius 3 is 2.83 bits per heavy atom. The molecule has 0 atom stereocenters. The summed E-state index contributed by atoms with van der Waals surface area (Å²) in [5.74, 6) is 0.676. The first-order chi connectivity index (χ1) is 8.58. The Labute approximate surface area is 114 Å². The number of hydrogen-bond acceptors (Lipinski definition) is 3. The molecule has 1 heterocycles. The zero-order valence-electron chi connectivity index (χ0n) is 11.1. The van der Waals surface area contributed by atoms with Gasteiger partial charge in [-0.15, -0.1) is 0 Å². The van der Waals surface area contributed by atoms with Crippen LogP contribution in [0.3, 0.4) is 0 Å². The largest absolute Gasteiger partial charge is 0.388 e. The first kappa shape index (κ1) is 13.4. The molecule has 3 nitrogen and oxygen atoms in total. The van der Waals surface area contributed by atoms with Gasteiger partial charge in [-0.25, -0.2) is 0 Å². The second-order valence-electron chi connectivity index (χ2n) is 5.43. The SMILES string of the molecule is CC(C)CN(Cc1cccnc1C(N)=S)C1CC1. The Kier molecular flexibility index (Phi) is 4.30. The number of pyridine rings is 1. The van der Waals surface area contributed by atoms with Gasteiger partial charge in [0.1, 0.15) is 10.7 Å². The minimum absolute atomic E-state index is 0.394. The topological polar surface area (TPSA) is 42.2 Å². The van der Waals surface area contributed by atoms with Crippen LogP contribution in [0.15, 0.2) is 18.3 Å². The molecule has 0 aliphatic heterocycles. The maximum Gasteiger partial charge on any atom is 0.123 e. The quantitative estimate of drug-likeness (QED) is 0.800. The lowest BCUT2D eigenvalue weighted by molar-refractivity contribution is 0.226. The molecular formula is C14H21N3S. The Hall–Kier alpha value is -1.00. The van der Waals surface area contributed by atoms with Crippen LogP contribution in [-0.4, -0.2) is 27.5 Å². The van der Waals surface area contributed by atoms with Gasteiger partial charge in [-0.2, -0.15) is 0 Å². The molecule has 1 aliphatic rings. The molecule has 18 heavy (non-hydrogen) atoms. The Morgan fingerprint density at radius 2 is 2.28 bits per heavy atom. The third-order valence-electron chi connectivity index (χ3n) is 3.16. The summed E-state index contributed by atoms with van der Waals surface area (Å²) in [5.41, 5.74) is 7.66. The molecule has 0 radical (unpaired) electrons. The van der Waals surface area contributed by atoms with Crippen LogP contribution in [-0.2, 0) is 6.54 Å². The van der Waals surface area contributed by atoms with Crippen molar-refractivity contribution in [3.63, 3.8) is 0 Å². The minimum Gasteiger partial charge on any atom is -0.388 e. The molecule has 1 saturated carbocycles. The number of aromatic nitrogens is 1. The maximum absolute atomic E-state index is 5.73. The molecule has 0 unspecified atom stereocenters. The van der Waals surface area contributed by atoms with E-state index in [1.54, 1.807) is 6.20 Å². The molecule has 1 aliphatic carbocycles. The van der Waals surface area contributed by atoms with Crippen LogP contribution in [0, 0.1) is 5.92 Å². The van der Waals surface area contributed by atoms with Crippen LogP contribution in [0.5, 0.6) is 0 Å². The van der Waals surface area contributed by atoms with Gasteiger partial charge in [0.15, 0.2) is 0 Å².